The van der Waals surface area contributed by atoms with E-state index in [2.05, 4.69) is 9.80 Å². The second-order valence-electron chi connectivity index (χ2n) is 8.70. The van der Waals surface area contributed by atoms with Crippen molar-refractivity contribution in [2.75, 3.05) is 33.9 Å². The summed E-state index contributed by atoms with van der Waals surface area (Å²) >= 11 is 0. The van der Waals surface area contributed by atoms with E-state index in [1.165, 1.54) is 64.7 Å². The molecule has 2 heterocycles. The van der Waals surface area contributed by atoms with Crippen LogP contribution in [0.15, 0.2) is 12.1 Å². The molecule has 2 saturated heterocycles. The van der Waals surface area contributed by atoms with Crippen LogP contribution in [-0.2, 0) is 6.54 Å². The zero-order chi connectivity index (χ0) is 20.4. The Morgan fingerprint density at radius 2 is 1.72 bits per heavy atom. The van der Waals surface area contributed by atoms with Crippen molar-refractivity contribution in [1.29, 1.82) is 0 Å². The SMILES string of the molecule is COc1cc(CN2CCN3CCCC3C2C2CCCCC2)c([N+](=O)[O-])cc1OC. The van der Waals surface area contributed by atoms with Gasteiger partial charge in [-0.1, -0.05) is 19.3 Å². The van der Waals surface area contributed by atoms with Gasteiger partial charge >= 0.3 is 0 Å². The van der Waals surface area contributed by atoms with Gasteiger partial charge in [-0.05, 0) is 44.2 Å². The molecular weight excluding hydrogens is 370 g/mol. The van der Waals surface area contributed by atoms with Gasteiger partial charge in [0.25, 0.3) is 5.69 Å². The fourth-order valence-corrected chi connectivity index (χ4v) is 5.86. The van der Waals surface area contributed by atoms with E-state index in [0.717, 1.165) is 18.7 Å². The fraction of sp³-hybridized carbons (Fsp3) is 0.727. The Bertz CT molecular complexity index is 735. The first-order chi connectivity index (χ1) is 14.1. The number of methoxy groups -OCH3 is 2. The Morgan fingerprint density at radius 3 is 2.41 bits per heavy atom. The van der Waals surface area contributed by atoms with Crippen LogP contribution in [0.3, 0.4) is 0 Å². The van der Waals surface area contributed by atoms with Crippen molar-refractivity contribution in [3.05, 3.63) is 27.8 Å². The summed E-state index contributed by atoms with van der Waals surface area (Å²) in [6.45, 7) is 3.85. The average molecular weight is 404 g/mol. The summed E-state index contributed by atoms with van der Waals surface area (Å²) in [5.41, 5.74) is 0.846. The number of nitro benzene ring substituents is 1. The van der Waals surface area contributed by atoms with Crippen molar-refractivity contribution < 1.29 is 14.4 Å². The van der Waals surface area contributed by atoms with Crippen molar-refractivity contribution in [1.82, 2.24) is 9.80 Å². The highest BCUT2D eigenvalue weighted by molar-refractivity contribution is 5.54. The molecule has 1 aromatic carbocycles. The number of fused-ring (bicyclic) bond motifs is 1. The van der Waals surface area contributed by atoms with Crippen molar-refractivity contribution in [3.63, 3.8) is 0 Å². The minimum atomic E-state index is -0.293. The summed E-state index contributed by atoms with van der Waals surface area (Å²) in [5.74, 6) is 1.67. The Kier molecular flexibility index (Phi) is 6.25. The summed E-state index contributed by atoms with van der Waals surface area (Å²) in [4.78, 5) is 16.7. The van der Waals surface area contributed by atoms with Gasteiger partial charge in [-0.2, -0.15) is 0 Å². The standard InChI is InChI=1S/C22H33N3O4/c1-28-20-13-17(19(25(26)27)14-21(20)29-2)15-24-12-11-23-10-6-9-18(23)22(24)16-7-4-3-5-8-16/h13-14,16,18,22H,3-12,15H2,1-2H3. The summed E-state index contributed by atoms with van der Waals surface area (Å²) in [6.07, 6.45) is 9.10. The number of nitro groups is 1. The van der Waals surface area contributed by atoms with Crippen LogP contribution in [0.25, 0.3) is 0 Å². The number of piperazine rings is 1. The Balaban J connectivity index is 1.65. The smallest absolute Gasteiger partial charge is 0.277 e. The molecule has 4 rings (SSSR count). The minimum Gasteiger partial charge on any atom is -0.493 e. The highest BCUT2D eigenvalue weighted by atomic mass is 16.6. The van der Waals surface area contributed by atoms with E-state index in [1.807, 2.05) is 0 Å². The van der Waals surface area contributed by atoms with Crippen LogP contribution in [0.5, 0.6) is 11.5 Å². The molecule has 0 spiro atoms. The Labute approximate surface area is 173 Å². The summed E-state index contributed by atoms with van der Waals surface area (Å²) < 4.78 is 10.7. The van der Waals surface area contributed by atoms with Gasteiger partial charge < -0.3 is 9.47 Å². The molecule has 160 valence electrons. The molecule has 0 aromatic heterocycles. The number of rotatable bonds is 6. The van der Waals surface area contributed by atoms with Crippen LogP contribution in [-0.4, -0.2) is 60.7 Å². The van der Waals surface area contributed by atoms with Crippen molar-refractivity contribution >= 4 is 5.69 Å². The largest absolute Gasteiger partial charge is 0.493 e. The van der Waals surface area contributed by atoms with E-state index >= 15 is 0 Å². The lowest BCUT2D eigenvalue weighted by Crippen LogP contribution is -2.59. The van der Waals surface area contributed by atoms with Crippen molar-refractivity contribution in [3.8, 4) is 11.5 Å². The molecule has 1 aliphatic carbocycles. The second-order valence-corrected chi connectivity index (χ2v) is 8.70. The van der Waals surface area contributed by atoms with Gasteiger partial charge in [0.1, 0.15) is 0 Å². The molecule has 2 aliphatic heterocycles. The molecule has 0 N–H and O–H groups in total. The monoisotopic (exact) mass is 403 g/mol. The zero-order valence-corrected chi connectivity index (χ0v) is 17.6. The molecule has 3 aliphatic rings. The normalized spacial score (nSPS) is 26.3. The molecule has 2 unspecified atom stereocenters. The molecule has 7 heteroatoms. The number of benzene rings is 1. The maximum Gasteiger partial charge on any atom is 0.277 e. The maximum atomic E-state index is 11.8. The fourth-order valence-electron chi connectivity index (χ4n) is 5.86. The van der Waals surface area contributed by atoms with Gasteiger partial charge in [0.15, 0.2) is 11.5 Å². The first-order valence-electron chi connectivity index (χ1n) is 11.0. The van der Waals surface area contributed by atoms with Gasteiger partial charge in [-0.3, -0.25) is 19.9 Å². The predicted octanol–water partition coefficient (Wildman–Crippen LogP) is 3.84. The third-order valence-electron chi connectivity index (χ3n) is 7.19. The van der Waals surface area contributed by atoms with E-state index in [1.54, 1.807) is 13.2 Å². The quantitative estimate of drug-likeness (QED) is 0.531. The summed E-state index contributed by atoms with van der Waals surface area (Å²) in [5, 5.41) is 11.8. The van der Waals surface area contributed by atoms with E-state index in [9.17, 15) is 10.1 Å². The van der Waals surface area contributed by atoms with E-state index in [4.69, 9.17) is 9.47 Å². The third-order valence-corrected chi connectivity index (χ3v) is 7.19. The molecule has 29 heavy (non-hydrogen) atoms. The molecule has 0 radical (unpaired) electrons. The topological polar surface area (TPSA) is 68.1 Å². The van der Waals surface area contributed by atoms with Gasteiger partial charge in [0.05, 0.1) is 25.2 Å². The number of ether oxygens (including phenoxy) is 2. The summed E-state index contributed by atoms with van der Waals surface area (Å²) in [7, 11) is 3.09. The van der Waals surface area contributed by atoms with Crippen molar-refractivity contribution in [2.45, 2.75) is 63.6 Å². The van der Waals surface area contributed by atoms with Crippen LogP contribution in [0.4, 0.5) is 5.69 Å². The van der Waals surface area contributed by atoms with E-state index in [-0.39, 0.29) is 10.6 Å². The van der Waals surface area contributed by atoms with E-state index < -0.39 is 0 Å². The van der Waals surface area contributed by atoms with Gasteiger partial charge in [-0.25, -0.2) is 0 Å². The Hall–Kier alpha value is -1.86. The third kappa shape index (κ3) is 4.08. The lowest BCUT2D eigenvalue weighted by molar-refractivity contribution is -0.385. The molecule has 0 bridgehead atoms. The predicted molar refractivity (Wildman–Crippen MR) is 112 cm³/mol. The van der Waals surface area contributed by atoms with Gasteiger partial charge in [0, 0.05) is 37.3 Å². The highest BCUT2D eigenvalue weighted by Gasteiger charge is 2.43. The Morgan fingerprint density at radius 1 is 1.00 bits per heavy atom. The van der Waals surface area contributed by atoms with Crippen LogP contribution in [0.1, 0.15) is 50.5 Å². The minimum absolute atomic E-state index is 0.124. The first kappa shape index (κ1) is 20.4. The van der Waals surface area contributed by atoms with Crippen LogP contribution < -0.4 is 9.47 Å². The molecule has 0 amide bonds. The second kappa shape index (κ2) is 8.88. The van der Waals surface area contributed by atoms with Gasteiger partial charge in [0.2, 0.25) is 0 Å². The average Bonchev–Trinajstić information content (AvgIpc) is 3.22. The van der Waals surface area contributed by atoms with Crippen molar-refractivity contribution in [2.24, 2.45) is 5.92 Å². The summed E-state index contributed by atoms with van der Waals surface area (Å²) in [6, 6.07) is 4.41. The highest BCUT2D eigenvalue weighted by Crippen LogP contribution is 2.40. The lowest BCUT2D eigenvalue weighted by atomic mass is 9.78. The van der Waals surface area contributed by atoms with Crippen LogP contribution >= 0.6 is 0 Å². The van der Waals surface area contributed by atoms with E-state index in [0.29, 0.717) is 36.0 Å². The number of hydrogen-bond acceptors (Lipinski definition) is 6. The first-order valence-corrected chi connectivity index (χ1v) is 11.0. The molecular formula is C22H33N3O4. The number of nitrogens with zero attached hydrogens (tertiary/aromatic N) is 3. The van der Waals surface area contributed by atoms with Crippen LogP contribution in [0.2, 0.25) is 0 Å². The molecule has 3 fully saturated rings. The van der Waals surface area contributed by atoms with Crippen LogP contribution in [0, 0.1) is 16.0 Å². The number of hydrogen-bond donors (Lipinski definition) is 0. The lowest BCUT2D eigenvalue weighted by Gasteiger charge is -2.49. The molecule has 7 nitrogen and oxygen atoms in total. The molecule has 1 aromatic rings. The maximum absolute atomic E-state index is 11.8. The molecule has 2 atom stereocenters. The van der Waals surface area contributed by atoms with Gasteiger partial charge in [-0.15, -0.1) is 0 Å². The zero-order valence-electron chi connectivity index (χ0n) is 17.6. The molecule has 1 saturated carbocycles.